The van der Waals surface area contributed by atoms with Gasteiger partial charge in [0.15, 0.2) is 0 Å². The highest BCUT2D eigenvalue weighted by Gasteiger charge is 2.36. The lowest BCUT2D eigenvalue weighted by molar-refractivity contribution is -0.00737. The smallest absolute Gasteiger partial charge is 0.0705 e. The van der Waals surface area contributed by atoms with Gasteiger partial charge in [0.25, 0.3) is 0 Å². The molecule has 4 rings (SSSR count). The first-order valence-electron chi connectivity index (χ1n) is 8.54. The first-order chi connectivity index (χ1) is 10.8. The Morgan fingerprint density at radius 2 is 2.00 bits per heavy atom. The van der Waals surface area contributed by atoms with Gasteiger partial charge in [-0.05, 0) is 56.3 Å². The van der Waals surface area contributed by atoms with Crippen molar-refractivity contribution in [3.05, 3.63) is 42.1 Å². The average Bonchev–Trinajstić information content (AvgIpc) is 2.92. The highest BCUT2D eigenvalue weighted by atomic mass is 16.5. The summed E-state index contributed by atoms with van der Waals surface area (Å²) in [5.41, 5.74) is 2.70. The molecule has 0 radical (unpaired) electrons. The van der Waals surface area contributed by atoms with Gasteiger partial charge in [0.2, 0.25) is 0 Å². The first-order valence-corrected chi connectivity index (χ1v) is 8.54. The molecule has 0 N–H and O–H groups in total. The molecule has 0 amide bonds. The topological polar surface area (TPSA) is 25.4 Å². The maximum Gasteiger partial charge on any atom is 0.0705 e. The van der Waals surface area contributed by atoms with Crippen LogP contribution in [0.25, 0.3) is 10.9 Å². The van der Waals surface area contributed by atoms with Crippen LogP contribution < -0.4 is 0 Å². The fourth-order valence-electron chi connectivity index (χ4n) is 4.08. The average molecular weight is 296 g/mol. The Morgan fingerprint density at radius 1 is 1.05 bits per heavy atom. The molecule has 0 saturated carbocycles. The number of hydrogen-bond donors (Lipinski definition) is 0. The van der Waals surface area contributed by atoms with Gasteiger partial charge in [-0.15, -0.1) is 0 Å². The third kappa shape index (κ3) is 2.75. The van der Waals surface area contributed by atoms with Crippen LogP contribution in [-0.2, 0) is 11.3 Å². The van der Waals surface area contributed by atoms with Crippen LogP contribution in [0.5, 0.6) is 0 Å². The molecular weight excluding hydrogens is 272 g/mol. The van der Waals surface area contributed by atoms with Crippen molar-refractivity contribution in [1.82, 2.24) is 9.88 Å². The summed E-state index contributed by atoms with van der Waals surface area (Å²) in [5.74, 6) is 0. The lowest BCUT2D eigenvalue weighted by Gasteiger charge is -2.27. The number of fused-ring (bicyclic) bond motifs is 1. The minimum Gasteiger partial charge on any atom is -0.375 e. The molecule has 116 valence electrons. The molecule has 2 aliphatic heterocycles. The molecule has 1 spiro atoms. The summed E-state index contributed by atoms with van der Waals surface area (Å²) in [6, 6.07) is 10.7. The van der Waals surface area contributed by atoms with Crippen molar-refractivity contribution in [2.45, 2.75) is 44.2 Å². The Hall–Kier alpha value is -1.45. The van der Waals surface area contributed by atoms with E-state index in [1.165, 1.54) is 49.6 Å². The predicted octanol–water partition coefficient (Wildman–Crippen LogP) is 3.77. The molecule has 2 aliphatic rings. The largest absolute Gasteiger partial charge is 0.375 e. The Kier molecular flexibility index (Phi) is 3.85. The van der Waals surface area contributed by atoms with Crippen molar-refractivity contribution in [3.8, 4) is 0 Å². The van der Waals surface area contributed by atoms with E-state index in [-0.39, 0.29) is 5.60 Å². The quantitative estimate of drug-likeness (QED) is 0.843. The van der Waals surface area contributed by atoms with Gasteiger partial charge in [-0.1, -0.05) is 18.2 Å². The van der Waals surface area contributed by atoms with E-state index < -0.39 is 0 Å². The summed E-state index contributed by atoms with van der Waals surface area (Å²) in [7, 11) is 0. The van der Waals surface area contributed by atoms with Gasteiger partial charge in [-0.2, -0.15) is 0 Å². The summed E-state index contributed by atoms with van der Waals surface area (Å²) >= 11 is 0. The summed E-state index contributed by atoms with van der Waals surface area (Å²) in [6.07, 6.45) is 8.06. The molecule has 0 bridgehead atoms. The number of benzene rings is 1. The van der Waals surface area contributed by atoms with Crippen molar-refractivity contribution in [2.75, 3.05) is 19.7 Å². The van der Waals surface area contributed by atoms with Crippen molar-refractivity contribution < 1.29 is 4.74 Å². The third-order valence-corrected chi connectivity index (χ3v) is 5.31. The van der Waals surface area contributed by atoms with Gasteiger partial charge in [0, 0.05) is 31.3 Å². The predicted molar refractivity (Wildman–Crippen MR) is 88.8 cm³/mol. The molecule has 1 aromatic carbocycles. The van der Waals surface area contributed by atoms with Crippen LogP contribution in [-0.4, -0.2) is 35.2 Å². The normalized spacial score (nSPS) is 26.5. The highest BCUT2D eigenvalue weighted by molar-refractivity contribution is 5.81. The number of hydrogen-bond acceptors (Lipinski definition) is 3. The van der Waals surface area contributed by atoms with Gasteiger partial charge >= 0.3 is 0 Å². The molecule has 3 nitrogen and oxygen atoms in total. The zero-order valence-corrected chi connectivity index (χ0v) is 13.1. The van der Waals surface area contributed by atoms with Gasteiger partial charge in [0.05, 0.1) is 11.1 Å². The van der Waals surface area contributed by atoms with Crippen LogP contribution in [0.3, 0.4) is 0 Å². The second kappa shape index (κ2) is 5.98. The lowest BCUT2D eigenvalue weighted by Crippen LogP contribution is -2.30. The Bertz CT molecular complexity index is 643. The molecule has 0 aliphatic carbocycles. The van der Waals surface area contributed by atoms with E-state index in [1.54, 1.807) is 0 Å². The maximum absolute atomic E-state index is 6.09. The molecule has 3 heteroatoms. The van der Waals surface area contributed by atoms with Crippen LogP contribution >= 0.6 is 0 Å². The molecular formula is C19H24N2O. The maximum atomic E-state index is 6.09. The van der Waals surface area contributed by atoms with Crippen LogP contribution in [0, 0.1) is 0 Å². The molecule has 1 aromatic heterocycles. The molecule has 1 unspecified atom stereocenters. The monoisotopic (exact) mass is 296 g/mol. The Balaban J connectivity index is 1.51. The van der Waals surface area contributed by atoms with E-state index in [0.29, 0.717) is 0 Å². The third-order valence-electron chi connectivity index (χ3n) is 5.31. The van der Waals surface area contributed by atoms with Gasteiger partial charge in [0.1, 0.15) is 0 Å². The lowest BCUT2D eigenvalue weighted by atomic mass is 9.92. The molecule has 2 saturated heterocycles. The van der Waals surface area contributed by atoms with E-state index in [1.807, 2.05) is 12.3 Å². The minimum atomic E-state index is 0.203. The van der Waals surface area contributed by atoms with Gasteiger partial charge < -0.3 is 4.74 Å². The van der Waals surface area contributed by atoms with Crippen molar-refractivity contribution >= 4 is 10.9 Å². The summed E-state index contributed by atoms with van der Waals surface area (Å²) in [4.78, 5) is 7.07. The van der Waals surface area contributed by atoms with Crippen molar-refractivity contribution in [2.24, 2.45) is 0 Å². The molecule has 2 fully saturated rings. The SMILES string of the molecule is c1cc(CN2CCCC3(CCCO3)CC2)c2cccnc2c1. The van der Waals surface area contributed by atoms with Crippen LogP contribution in [0.15, 0.2) is 36.5 Å². The van der Waals surface area contributed by atoms with Crippen LogP contribution in [0.1, 0.15) is 37.7 Å². The molecule has 1 atom stereocenters. The second-order valence-electron chi connectivity index (χ2n) is 6.75. The number of aromatic nitrogens is 1. The second-order valence-corrected chi connectivity index (χ2v) is 6.75. The van der Waals surface area contributed by atoms with E-state index in [4.69, 9.17) is 4.74 Å². The number of rotatable bonds is 2. The highest BCUT2D eigenvalue weighted by Crippen LogP contribution is 2.36. The molecule has 22 heavy (non-hydrogen) atoms. The van der Waals surface area contributed by atoms with E-state index in [2.05, 4.69) is 34.1 Å². The number of likely N-dealkylation sites (tertiary alicyclic amines) is 1. The summed E-state index contributed by atoms with van der Waals surface area (Å²) in [5, 5.41) is 1.29. The number of nitrogens with zero attached hydrogens (tertiary/aromatic N) is 2. The Morgan fingerprint density at radius 3 is 2.91 bits per heavy atom. The zero-order valence-electron chi connectivity index (χ0n) is 13.1. The van der Waals surface area contributed by atoms with E-state index in [9.17, 15) is 0 Å². The Labute approximate surface area is 132 Å². The van der Waals surface area contributed by atoms with Gasteiger partial charge in [-0.25, -0.2) is 0 Å². The molecule has 2 aromatic rings. The summed E-state index contributed by atoms with van der Waals surface area (Å²) < 4.78 is 6.09. The molecule has 3 heterocycles. The van der Waals surface area contributed by atoms with Crippen LogP contribution in [0.2, 0.25) is 0 Å². The zero-order chi connectivity index (χ0) is 14.8. The van der Waals surface area contributed by atoms with Gasteiger partial charge in [-0.3, -0.25) is 9.88 Å². The van der Waals surface area contributed by atoms with Crippen LogP contribution in [0.4, 0.5) is 0 Å². The number of pyridine rings is 1. The standard InChI is InChI=1S/C19H24N2O/c1-5-16(17-6-2-11-20-18(17)7-1)15-21-12-3-8-19(10-13-21)9-4-14-22-19/h1-2,5-7,11H,3-4,8-10,12-15H2. The summed E-state index contributed by atoms with van der Waals surface area (Å²) in [6.45, 7) is 4.33. The van der Waals surface area contributed by atoms with E-state index in [0.717, 1.165) is 25.2 Å². The van der Waals surface area contributed by atoms with Crippen molar-refractivity contribution in [1.29, 1.82) is 0 Å². The van der Waals surface area contributed by atoms with Crippen molar-refractivity contribution in [3.63, 3.8) is 0 Å². The number of ether oxygens (including phenoxy) is 1. The first kappa shape index (κ1) is 14.2. The van der Waals surface area contributed by atoms with E-state index >= 15 is 0 Å². The fourth-order valence-corrected chi connectivity index (χ4v) is 4.08. The minimum absolute atomic E-state index is 0.203. The fraction of sp³-hybridized carbons (Fsp3) is 0.526.